The lowest BCUT2D eigenvalue weighted by Gasteiger charge is -2.17. The summed E-state index contributed by atoms with van der Waals surface area (Å²) < 4.78 is 22.0. The molecule has 1 aromatic heterocycles. The van der Waals surface area contributed by atoms with Gasteiger partial charge in [0.05, 0.1) is 0 Å². The summed E-state index contributed by atoms with van der Waals surface area (Å²) in [6, 6.07) is 6.69. The summed E-state index contributed by atoms with van der Waals surface area (Å²) in [6.45, 7) is 4.25. The number of aryl methyl sites for hydroxylation is 1. The van der Waals surface area contributed by atoms with Crippen molar-refractivity contribution in [3.63, 3.8) is 0 Å². The molecule has 0 amide bonds. The molecule has 0 N–H and O–H groups in total. The molecule has 0 aliphatic rings. The minimum absolute atomic E-state index is 0.0175. The third-order valence-corrected chi connectivity index (χ3v) is 2.66. The van der Waals surface area contributed by atoms with E-state index in [1.807, 2.05) is 12.4 Å². The van der Waals surface area contributed by atoms with Crippen molar-refractivity contribution in [3.8, 4) is 11.4 Å². The van der Waals surface area contributed by atoms with E-state index in [1.165, 1.54) is 0 Å². The molecular weight excluding hydrogens is 208 g/mol. The normalized spacial score (nSPS) is 14.9. The van der Waals surface area contributed by atoms with Crippen LogP contribution in [0.4, 0.5) is 0 Å². The molecule has 2 rings (SSSR count). The van der Waals surface area contributed by atoms with Crippen LogP contribution in [0, 0.1) is 6.85 Å². The van der Waals surface area contributed by atoms with Gasteiger partial charge in [-0.2, -0.15) is 0 Å². The predicted octanol–water partition coefficient (Wildman–Crippen LogP) is 3.75. The molecule has 0 radical (unpaired) electrons. The molecule has 88 valence electrons. The van der Waals surface area contributed by atoms with Crippen LogP contribution in [0.1, 0.15) is 36.0 Å². The van der Waals surface area contributed by atoms with Gasteiger partial charge >= 0.3 is 0 Å². The topological polar surface area (TPSA) is 25.8 Å². The van der Waals surface area contributed by atoms with E-state index in [0.717, 1.165) is 11.1 Å². The van der Waals surface area contributed by atoms with Crippen molar-refractivity contribution in [1.29, 1.82) is 0 Å². The summed E-state index contributed by atoms with van der Waals surface area (Å²) in [6.07, 6.45) is 3.64. The average Bonchev–Trinajstić information content (AvgIpc) is 2.37. The molecule has 0 saturated carbocycles. The zero-order chi connectivity index (χ0) is 15.0. The summed E-state index contributed by atoms with van der Waals surface area (Å²) in [7, 11) is 0. The van der Waals surface area contributed by atoms with Crippen molar-refractivity contribution in [1.82, 2.24) is 9.97 Å². The van der Waals surface area contributed by atoms with Crippen LogP contribution < -0.4 is 0 Å². The van der Waals surface area contributed by atoms with E-state index in [9.17, 15) is 0 Å². The van der Waals surface area contributed by atoms with Crippen LogP contribution in [0.2, 0.25) is 0 Å². The zero-order valence-electron chi connectivity index (χ0n) is 13.4. The Labute approximate surface area is 107 Å². The van der Waals surface area contributed by atoms with Gasteiger partial charge in [-0.15, -0.1) is 0 Å². The maximum atomic E-state index is 7.35. The molecule has 0 aliphatic carbocycles. The van der Waals surface area contributed by atoms with Gasteiger partial charge in [0.1, 0.15) is 0 Å². The summed E-state index contributed by atoms with van der Waals surface area (Å²) in [4.78, 5) is 8.71. The second kappa shape index (κ2) is 4.28. The minimum atomic E-state index is -2.07. The first-order valence-corrected chi connectivity index (χ1v) is 5.61. The molecule has 0 bridgehead atoms. The van der Waals surface area contributed by atoms with Crippen LogP contribution in [-0.2, 0) is 5.41 Å². The van der Waals surface area contributed by atoms with Crippen LogP contribution in [0.3, 0.4) is 0 Å². The van der Waals surface area contributed by atoms with Crippen LogP contribution in [0.25, 0.3) is 11.4 Å². The maximum Gasteiger partial charge on any atom is 0.159 e. The fraction of sp³-hybridized carbons (Fsp3) is 0.333. The molecule has 0 fully saturated rings. The van der Waals surface area contributed by atoms with Crippen molar-refractivity contribution in [2.45, 2.75) is 33.0 Å². The van der Waals surface area contributed by atoms with Crippen LogP contribution >= 0.6 is 0 Å². The number of rotatable bonds is 1. The van der Waals surface area contributed by atoms with Crippen molar-refractivity contribution < 1.29 is 4.11 Å². The molecule has 1 aromatic carbocycles. The standard InChI is InChI=1S/C15H18N2/c1-11-5-7-12(8-6-11)14-16-9-13(10-17-14)15(2,3)4/h5-10H,1-4H3/i1D3. The molecule has 17 heavy (non-hydrogen) atoms. The number of hydrogen-bond donors (Lipinski definition) is 0. The van der Waals surface area contributed by atoms with Gasteiger partial charge in [-0.3, -0.25) is 0 Å². The fourth-order valence-corrected chi connectivity index (χ4v) is 1.48. The Morgan fingerprint density at radius 3 is 2.06 bits per heavy atom. The van der Waals surface area contributed by atoms with Gasteiger partial charge in [-0.05, 0) is 17.8 Å². The van der Waals surface area contributed by atoms with Gasteiger partial charge in [0.15, 0.2) is 5.82 Å². The molecule has 2 nitrogen and oxygen atoms in total. The lowest BCUT2D eigenvalue weighted by atomic mass is 9.89. The highest BCUT2D eigenvalue weighted by Crippen LogP contribution is 2.22. The summed E-state index contributed by atoms with van der Waals surface area (Å²) in [5.74, 6) is 0.607. The van der Waals surface area contributed by atoms with E-state index in [0.29, 0.717) is 11.4 Å². The third kappa shape index (κ3) is 2.70. The first-order chi connectivity index (χ1) is 9.18. The smallest absolute Gasteiger partial charge is 0.159 e. The van der Waals surface area contributed by atoms with Gasteiger partial charge in [-0.1, -0.05) is 50.6 Å². The van der Waals surface area contributed by atoms with Crippen molar-refractivity contribution >= 4 is 0 Å². The summed E-state index contributed by atoms with van der Waals surface area (Å²) >= 11 is 0. The highest BCUT2D eigenvalue weighted by molar-refractivity contribution is 5.55. The maximum absolute atomic E-state index is 7.35. The first-order valence-electron chi connectivity index (χ1n) is 7.11. The fourth-order valence-electron chi connectivity index (χ4n) is 1.48. The Kier molecular flexibility index (Phi) is 2.12. The Bertz CT molecular complexity index is 523. The van der Waals surface area contributed by atoms with Crippen molar-refractivity contribution in [2.24, 2.45) is 0 Å². The molecule has 2 heteroatoms. The molecule has 0 unspecified atom stereocenters. The van der Waals surface area contributed by atoms with E-state index in [4.69, 9.17) is 4.11 Å². The molecular formula is C15H18N2. The molecule has 2 aromatic rings. The lowest BCUT2D eigenvalue weighted by Crippen LogP contribution is -2.12. The minimum Gasteiger partial charge on any atom is -0.236 e. The monoisotopic (exact) mass is 229 g/mol. The van der Waals surface area contributed by atoms with Gasteiger partial charge in [0.25, 0.3) is 0 Å². The van der Waals surface area contributed by atoms with E-state index in [-0.39, 0.29) is 5.41 Å². The van der Waals surface area contributed by atoms with Crippen LogP contribution in [-0.4, -0.2) is 9.97 Å². The van der Waals surface area contributed by atoms with E-state index >= 15 is 0 Å². The zero-order valence-corrected chi connectivity index (χ0v) is 10.4. The highest BCUT2D eigenvalue weighted by Gasteiger charge is 2.14. The molecule has 1 heterocycles. The third-order valence-electron chi connectivity index (χ3n) is 2.66. The Morgan fingerprint density at radius 1 is 1.00 bits per heavy atom. The second-order valence-corrected chi connectivity index (χ2v) is 5.12. The van der Waals surface area contributed by atoms with Crippen LogP contribution in [0.15, 0.2) is 36.7 Å². The van der Waals surface area contributed by atoms with Crippen molar-refractivity contribution in [3.05, 3.63) is 47.8 Å². The molecule has 0 aliphatic heterocycles. The van der Waals surface area contributed by atoms with Crippen molar-refractivity contribution in [2.75, 3.05) is 0 Å². The van der Waals surface area contributed by atoms with E-state index in [1.54, 1.807) is 24.3 Å². The Balaban J connectivity index is 2.29. The summed E-state index contributed by atoms with van der Waals surface area (Å²) in [5, 5.41) is 0. The van der Waals surface area contributed by atoms with E-state index in [2.05, 4.69) is 30.7 Å². The summed E-state index contributed by atoms with van der Waals surface area (Å²) in [5.41, 5.74) is 2.23. The average molecular weight is 229 g/mol. The number of nitrogens with zero attached hydrogens (tertiary/aromatic N) is 2. The second-order valence-electron chi connectivity index (χ2n) is 5.12. The van der Waals surface area contributed by atoms with Gasteiger partial charge in [0.2, 0.25) is 0 Å². The van der Waals surface area contributed by atoms with Gasteiger partial charge < -0.3 is 0 Å². The predicted molar refractivity (Wildman–Crippen MR) is 70.9 cm³/mol. The molecule has 0 saturated heterocycles. The lowest BCUT2D eigenvalue weighted by molar-refractivity contribution is 0.584. The molecule has 0 spiro atoms. The number of benzene rings is 1. The Hall–Kier alpha value is -1.70. The SMILES string of the molecule is [2H]C([2H])([2H])c1ccc(-c2ncc(C(C)(C)C)cn2)cc1. The number of hydrogen-bond acceptors (Lipinski definition) is 2. The molecule has 0 atom stereocenters. The largest absolute Gasteiger partial charge is 0.236 e. The number of aromatic nitrogens is 2. The van der Waals surface area contributed by atoms with Crippen LogP contribution in [0.5, 0.6) is 0 Å². The van der Waals surface area contributed by atoms with Gasteiger partial charge in [0, 0.05) is 22.1 Å². The highest BCUT2D eigenvalue weighted by atomic mass is 14.9. The first kappa shape index (κ1) is 8.40. The quantitative estimate of drug-likeness (QED) is 0.744. The Morgan fingerprint density at radius 2 is 1.59 bits per heavy atom. The van der Waals surface area contributed by atoms with Gasteiger partial charge in [-0.25, -0.2) is 9.97 Å². The van der Waals surface area contributed by atoms with E-state index < -0.39 is 6.85 Å².